The fraction of sp³-hybridized carbons (Fsp3) is 0.0500. The van der Waals surface area contributed by atoms with Crippen molar-refractivity contribution in [2.24, 2.45) is 4.99 Å². The minimum atomic E-state index is -0.196. The quantitative estimate of drug-likeness (QED) is 0.545. The first-order valence-electron chi connectivity index (χ1n) is 8.38. The van der Waals surface area contributed by atoms with Crippen LogP contribution in [0.4, 0.5) is 22.9 Å². The molecule has 0 saturated heterocycles. The smallest absolute Gasteiger partial charge is 0.234 e. The number of nitrogens with one attached hydrogen (secondary N) is 2. The Labute approximate surface area is 176 Å². The van der Waals surface area contributed by atoms with Crippen molar-refractivity contribution in [2.75, 3.05) is 16.4 Å². The second-order valence-electron chi connectivity index (χ2n) is 5.92. The number of thioether (sulfide) groups is 1. The zero-order valence-electron chi connectivity index (χ0n) is 14.4. The van der Waals surface area contributed by atoms with Crippen LogP contribution in [-0.2, 0) is 4.79 Å². The molecule has 2 N–H and O–H groups in total. The molecule has 0 saturated carbocycles. The molecular formula is C20H14Cl2N4OS. The van der Waals surface area contributed by atoms with Crippen LogP contribution >= 0.6 is 35.0 Å². The summed E-state index contributed by atoms with van der Waals surface area (Å²) < 4.78 is 0. The summed E-state index contributed by atoms with van der Waals surface area (Å²) in [5, 5.41) is 7.77. The summed E-state index contributed by atoms with van der Waals surface area (Å²) in [6, 6.07) is 16.5. The fourth-order valence-electron chi connectivity index (χ4n) is 2.68. The Morgan fingerprint density at radius 2 is 1.96 bits per heavy atom. The van der Waals surface area contributed by atoms with Crippen molar-refractivity contribution < 1.29 is 4.79 Å². The van der Waals surface area contributed by atoms with E-state index in [2.05, 4.69) is 15.6 Å². The molecule has 3 aromatic rings. The maximum absolute atomic E-state index is 12.4. The van der Waals surface area contributed by atoms with Crippen LogP contribution in [0.25, 0.3) is 0 Å². The molecule has 0 atom stereocenters. The van der Waals surface area contributed by atoms with Crippen molar-refractivity contribution >= 4 is 68.8 Å². The highest BCUT2D eigenvalue weighted by molar-refractivity contribution is 8.15. The molecule has 1 aromatic heterocycles. The van der Waals surface area contributed by atoms with Crippen molar-refractivity contribution in [1.29, 1.82) is 0 Å². The molecule has 0 fully saturated rings. The molecule has 140 valence electrons. The highest BCUT2D eigenvalue weighted by Crippen LogP contribution is 2.35. The molecule has 0 spiro atoms. The molecule has 0 aliphatic carbocycles. The number of aromatic nitrogens is 1. The first kappa shape index (κ1) is 18.8. The summed E-state index contributed by atoms with van der Waals surface area (Å²) >= 11 is 13.4. The molecule has 1 amide bonds. The fourth-order valence-corrected chi connectivity index (χ4v) is 3.86. The number of rotatable bonds is 3. The van der Waals surface area contributed by atoms with Crippen LogP contribution in [0.3, 0.4) is 0 Å². The third-order valence-corrected chi connectivity index (χ3v) is 5.52. The number of aliphatic imine (C=N–C) groups is 1. The molecule has 1 aliphatic heterocycles. The minimum Gasteiger partial charge on any atom is -0.338 e. The Balaban J connectivity index is 1.56. The average molecular weight is 429 g/mol. The third kappa shape index (κ3) is 4.14. The van der Waals surface area contributed by atoms with E-state index in [1.807, 2.05) is 36.4 Å². The maximum Gasteiger partial charge on any atom is 0.234 e. The average Bonchev–Trinajstić information content (AvgIpc) is 2.85. The van der Waals surface area contributed by atoms with Gasteiger partial charge in [-0.2, -0.15) is 0 Å². The number of halogens is 2. The number of para-hydroxylation sites is 1. The van der Waals surface area contributed by atoms with Gasteiger partial charge < -0.3 is 10.6 Å². The summed E-state index contributed by atoms with van der Waals surface area (Å²) in [5.74, 6) is 0.657. The highest BCUT2D eigenvalue weighted by Gasteiger charge is 2.18. The van der Waals surface area contributed by atoms with Crippen LogP contribution in [0.1, 0.15) is 5.56 Å². The van der Waals surface area contributed by atoms with Gasteiger partial charge in [0.05, 0.1) is 16.5 Å². The second-order valence-corrected chi connectivity index (χ2v) is 7.73. The van der Waals surface area contributed by atoms with Gasteiger partial charge in [0.15, 0.2) is 5.82 Å². The topological polar surface area (TPSA) is 66.4 Å². The van der Waals surface area contributed by atoms with Gasteiger partial charge in [-0.05, 0) is 36.4 Å². The van der Waals surface area contributed by atoms with E-state index in [0.29, 0.717) is 21.6 Å². The van der Waals surface area contributed by atoms with Gasteiger partial charge in [-0.1, -0.05) is 53.2 Å². The number of amides is 1. The summed E-state index contributed by atoms with van der Waals surface area (Å²) in [7, 11) is 0. The van der Waals surface area contributed by atoms with Crippen LogP contribution in [0.5, 0.6) is 0 Å². The summed E-state index contributed by atoms with van der Waals surface area (Å²) in [5.41, 5.74) is 3.02. The number of pyridine rings is 1. The number of benzene rings is 2. The van der Waals surface area contributed by atoms with Crippen molar-refractivity contribution in [3.8, 4) is 0 Å². The van der Waals surface area contributed by atoms with Gasteiger partial charge in [0, 0.05) is 22.5 Å². The molecule has 0 radical (unpaired) electrons. The molecule has 4 rings (SSSR count). The third-order valence-electron chi connectivity index (χ3n) is 3.96. The largest absolute Gasteiger partial charge is 0.338 e. The highest BCUT2D eigenvalue weighted by atomic mass is 35.5. The molecule has 2 aromatic carbocycles. The van der Waals surface area contributed by atoms with Crippen LogP contribution in [0, 0.1) is 0 Å². The van der Waals surface area contributed by atoms with E-state index in [9.17, 15) is 4.79 Å². The number of fused-ring (bicyclic) bond motifs is 2. The predicted molar refractivity (Wildman–Crippen MR) is 118 cm³/mol. The van der Waals surface area contributed by atoms with E-state index < -0.39 is 0 Å². The van der Waals surface area contributed by atoms with Gasteiger partial charge >= 0.3 is 0 Å². The normalized spacial score (nSPS) is 12.1. The predicted octanol–water partition coefficient (Wildman–Crippen LogP) is 5.90. The molecule has 0 unspecified atom stereocenters. The van der Waals surface area contributed by atoms with E-state index in [0.717, 1.165) is 22.0 Å². The van der Waals surface area contributed by atoms with Crippen LogP contribution in [0.2, 0.25) is 10.0 Å². The lowest BCUT2D eigenvalue weighted by molar-refractivity contribution is -0.113. The lowest BCUT2D eigenvalue weighted by Gasteiger charge is -2.10. The minimum absolute atomic E-state index is 0.172. The zero-order chi connectivity index (χ0) is 19.5. The molecule has 1 aliphatic rings. The van der Waals surface area contributed by atoms with Crippen molar-refractivity contribution in [2.45, 2.75) is 0 Å². The maximum atomic E-state index is 12.4. The van der Waals surface area contributed by atoms with Crippen LogP contribution in [-0.4, -0.2) is 21.7 Å². The Morgan fingerprint density at radius 1 is 1.11 bits per heavy atom. The van der Waals surface area contributed by atoms with E-state index in [-0.39, 0.29) is 11.7 Å². The van der Waals surface area contributed by atoms with Gasteiger partial charge in [-0.15, -0.1) is 0 Å². The molecule has 8 heteroatoms. The number of nitrogens with zero attached hydrogens (tertiary/aromatic N) is 2. The number of carbonyl (C=O) groups is 1. The van der Waals surface area contributed by atoms with Gasteiger partial charge in [0.25, 0.3) is 0 Å². The second kappa shape index (κ2) is 8.22. The van der Waals surface area contributed by atoms with Gasteiger partial charge in [0.2, 0.25) is 5.91 Å². The zero-order valence-corrected chi connectivity index (χ0v) is 16.8. The van der Waals surface area contributed by atoms with Gasteiger partial charge in [-0.25, -0.2) is 9.98 Å². The van der Waals surface area contributed by atoms with Crippen LogP contribution < -0.4 is 10.6 Å². The van der Waals surface area contributed by atoms with Crippen molar-refractivity contribution in [1.82, 2.24) is 4.98 Å². The first-order valence-corrected chi connectivity index (χ1v) is 10.1. The van der Waals surface area contributed by atoms with Gasteiger partial charge in [0.1, 0.15) is 10.7 Å². The Hall–Kier alpha value is -2.54. The summed E-state index contributed by atoms with van der Waals surface area (Å²) in [6.45, 7) is 0. The van der Waals surface area contributed by atoms with Gasteiger partial charge in [-0.3, -0.25) is 4.79 Å². The Bertz CT molecular complexity index is 1090. The Kier molecular flexibility index (Phi) is 5.52. The van der Waals surface area contributed by atoms with Crippen molar-refractivity contribution in [3.05, 3.63) is 76.4 Å². The standard InChI is InChI=1S/C20H14Cl2N4OS/c21-12-7-8-14(22)17(10-12)24-18(27)11-28-20-13-4-1-2-5-15(13)25-19-16(26-20)6-3-9-23-19/h1-10H,11H2,(H,23,25)(H,24,27). The monoisotopic (exact) mass is 428 g/mol. The molecule has 28 heavy (non-hydrogen) atoms. The molecule has 5 nitrogen and oxygen atoms in total. The molecule has 0 bridgehead atoms. The van der Waals surface area contributed by atoms with Crippen molar-refractivity contribution in [3.63, 3.8) is 0 Å². The van der Waals surface area contributed by atoms with Crippen LogP contribution in [0.15, 0.2) is 65.8 Å². The number of carbonyl (C=O) groups excluding carboxylic acids is 1. The van der Waals surface area contributed by atoms with E-state index >= 15 is 0 Å². The number of hydrogen-bond donors (Lipinski definition) is 2. The first-order chi connectivity index (χ1) is 13.6. The van der Waals surface area contributed by atoms with E-state index in [1.54, 1.807) is 24.4 Å². The Morgan fingerprint density at radius 3 is 2.86 bits per heavy atom. The lowest BCUT2D eigenvalue weighted by atomic mass is 10.2. The molecular weight excluding hydrogens is 415 g/mol. The van der Waals surface area contributed by atoms with E-state index in [1.165, 1.54) is 11.8 Å². The van der Waals surface area contributed by atoms with E-state index in [4.69, 9.17) is 28.2 Å². The summed E-state index contributed by atoms with van der Waals surface area (Å²) in [4.78, 5) is 21.5. The summed E-state index contributed by atoms with van der Waals surface area (Å²) in [6.07, 6.45) is 1.71. The molecule has 2 heterocycles. The number of hydrogen-bond acceptors (Lipinski definition) is 5. The number of anilines is 3. The lowest BCUT2D eigenvalue weighted by Crippen LogP contribution is -2.16. The SMILES string of the molecule is O=C(CSC1=Nc2cccnc2Nc2ccccc21)Nc1cc(Cl)ccc1Cl.